The molecule has 7 nitrogen and oxygen atoms in total. The molecule has 2 aromatic carbocycles. The molecule has 0 amide bonds. The zero-order valence-electron chi connectivity index (χ0n) is 14.2. The van der Waals surface area contributed by atoms with Crippen molar-refractivity contribution in [3.63, 3.8) is 0 Å². The Bertz CT molecular complexity index is 1180. The summed E-state index contributed by atoms with van der Waals surface area (Å²) in [6, 6.07) is 13.2. The number of hydrogen-bond acceptors (Lipinski definition) is 5. The summed E-state index contributed by atoms with van der Waals surface area (Å²) in [6.07, 6.45) is 4.18. The van der Waals surface area contributed by atoms with E-state index in [0.29, 0.717) is 21.7 Å². The lowest BCUT2D eigenvalue weighted by Gasteiger charge is -2.16. The van der Waals surface area contributed by atoms with Gasteiger partial charge in [-0.3, -0.25) is 0 Å². The lowest BCUT2D eigenvalue weighted by molar-refractivity contribution is 0.582. The Morgan fingerprint density at radius 1 is 1.07 bits per heavy atom. The molecule has 0 bridgehead atoms. The molecule has 0 aliphatic carbocycles. The molecular weight excluding hydrogens is 407 g/mol. The van der Waals surface area contributed by atoms with Crippen molar-refractivity contribution in [3.8, 4) is 11.3 Å². The first-order valence-electron chi connectivity index (χ1n) is 7.84. The topological polar surface area (TPSA) is 111 Å². The van der Waals surface area contributed by atoms with E-state index >= 15 is 0 Å². The molecule has 0 saturated heterocycles. The predicted octanol–water partition coefficient (Wildman–Crippen LogP) is 2.74. The Labute approximate surface area is 162 Å². The second-order valence-electron chi connectivity index (χ2n) is 5.65. The number of sulfonamides is 1. The van der Waals surface area contributed by atoms with Gasteiger partial charge in [0, 0.05) is 11.8 Å². The lowest BCUT2D eigenvalue weighted by atomic mass is 10.1. The maximum atomic E-state index is 13.4. The van der Waals surface area contributed by atoms with Crippen molar-refractivity contribution in [1.82, 2.24) is 0 Å². The molecule has 3 rings (SSSR count). The number of nitrogens with two attached hydrogens (primary N) is 1. The highest BCUT2D eigenvalue weighted by atomic mass is 32.2. The van der Waals surface area contributed by atoms with Crippen LogP contribution in [0.1, 0.15) is 5.56 Å². The zero-order chi connectivity index (χ0) is 20.3. The molecule has 0 saturated carbocycles. The number of hydrogen-bond donors (Lipinski definition) is 2. The fraction of sp³-hybridized carbons (Fsp3) is 0. The van der Waals surface area contributed by atoms with E-state index in [1.807, 2.05) is 0 Å². The van der Waals surface area contributed by atoms with Crippen molar-refractivity contribution in [2.75, 3.05) is 4.31 Å². The van der Waals surface area contributed by atoms with Gasteiger partial charge in [0.2, 0.25) is 20.9 Å². The molecule has 28 heavy (non-hydrogen) atoms. The van der Waals surface area contributed by atoms with Crippen LogP contribution in [0.25, 0.3) is 17.4 Å². The number of furan rings is 1. The molecule has 1 heterocycles. The molecule has 0 aliphatic heterocycles. The first-order valence-corrected chi connectivity index (χ1v) is 10.5. The summed E-state index contributed by atoms with van der Waals surface area (Å²) in [7, 11) is -7.60. The van der Waals surface area contributed by atoms with Gasteiger partial charge in [0.05, 0.1) is 12.0 Å². The Hall–Kier alpha value is -2.95. The van der Waals surface area contributed by atoms with E-state index in [1.165, 1.54) is 6.08 Å². The summed E-state index contributed by atoms with van der Waals surface area (Å²) in [5.41, 5.74) is 1.21. The van der Waals surface area contributed by atoms with Gasteiger partial charge in [-0.15, -0.1) is 0 Å². The van der Waals surface area contributed by atoms with Crippen LogP contribution in [-0.4, -0.2) is 16.8 Å². The van der Waals surface area contributed by atoms with E-state index in [9.17, 15) is 21.2 Å². The quantitative estimate of drug-likeness (QED) is 0.594. The average Bonchev–Trinajstić information content (AvgIpc) is 3.17. The molecule has 3 aromatic rings. The van der Waals surface area contributed by atoms with Crippen LogP contribution in [-0.2, 0) is 20.9 Å². The number of nitrogens with zero attached hydrogens (tertiary/aromatic N) is 1. The van der Waals surface area contributed by atoms with Crippen LogP contribution in [0.2, 0.25) is 0 Å². The van der Waals surface area contributed by atoms with E-state index in [2.05, 4.69) is 0 Å². The van der Waals surface area contributed by atoms with Gasteiger partial charge in [0.1, 0.15) is 16.5 Å². The number of primary sulfonamides is 1. The molecule has 10 heteroatoms. The SMILES string of the molecule is NS(=O)(=O)c1cc(F)ccc1N(C=Cc1ccc(-c2ccco2)cc1)[SH](=O)=O. The molecule has 0 atom stereocenters. The molecule has 1 aromatic heterocycles. The van der Waals surface area contributed by atoms with E-state index in [4.69, 9.17) is 9.56 Å². The highest BCUT2D eigenvalue weighted by molar-refractivity contribution is 7.89. The van der Waals surface area contributed by atoms with Crippen molar-refractivity contribution in [2.45, 2.75) is 4.90 Å². The van der Waals surface area contributed by atoms with E-state index in [1.54, 1.807) is 42.7 Å². The summed E-state index contributed by atoms with van der Waals surface area (Å²) in [5.74, 6) is -0.171. The summed E-state index contributed by atoms with van der Waals surface area (Å²) >= 11 is 0. The zero-order valence-corrected chi connectivity index (χ0v) is 15.9. The molecule has 0 unspecified atom stereocenters. The smallest absolute Gasteiger partial charge is 0.240 e. The Morgan fingerprint density at radius 2 is 1.79 bits per heavy atom. The van der Waals surface area contributed by atoms with Crippen molar-refractivity contribution in [3.05, 3.63) is 78.4 Å². The van der Waals surface area contributed by atoms with Crippen LogP contribution in [0.4, 0.5) is 10.1 Å². The second-order valence-corrected chi connectivity index (χ2v) is 8.09. The Balaban J connectivity index is 1.95. The summed E-state index contributed by atoms with van der Waals surface area (Å²) in [6.45, 7) is 0. The van der Waals surface area contributed by atoms with Gasteiger partial charge in [-0.2, -0.15) is 0 Å². The third kappa shape index (κ3) is 4.47. The molecule has 0 spiro atoms. The third-order valence-corrected chi connectivity index (χ3v) is 5.42. The van der Waals surface area contributed by atoms with Crippen LogP contribution >= 0.6 is 0 Å². The van der Waals surface area contributed by atoms with E-state index in [-0.39, 0.29) is 5.69 Å². The van der Waals surface area contributed by atoms with Gasteiger partial charge in [0.25, 0.3) is 0 Å². The lowest BCUT2D eigenvalue weighted by Crippen LogP contribution is -2.20. The van der Waals surface area contributed by atoms with Gasteiger partial charge >= 0.3 is 0 Å². The number of thiol groups is 1. The predicted molar refractivity (Wildman–Crippen MR) is 104 cm³/mol. The van der Waals surface area contributed by atoms with Crippen molar-refractivity contribution in [2.24, 2.45) is 5.14 Å². The van der Waals surface area contributed by atoms with Gasteiger partial charge in [0.15, 0.2) is 0 Å². The summed E-state index contributed by atoms with van der Waals surface area (Å²) in [5, 5.41) is 5.08. The summed E-state index contributed by atoms with van der Waals surface area (Å²) < 4.78 is 66.2. The van der Waals surface area contributed by atoms with Crippen molar-refractivity contribution >= 4 is 32.7 Å². The Morgan fingerprint density at radius 3 is 2.36 bits per heavy atom. The van der Waals surface area contributed by atoms with Gasteiger partial charge < -0.3 is 4.42 Å². The first-order chi connectivity index (χ1) is 13.3. The van der Waals surface area contributed by atoms with Crippen LogP contribution in [0.15, 0.2) is 76.4 Å². The number of rotatable bonds is 6. The largest absolute Gasteiger partial charge is 0.464 e. The molecule has 2 N–H and O–H groups in total. The number of anilines is 1. The van der Waals surface area contributed by atoms with Gasteiger partial charge in [-0.05, 0) is 42.0 Å². The fourth-order valence-electron chi connectivity index (χ4n) is 2.49. The van der Waals surface area contributed by atoms with Crippen LogP contribution in [0.3, 0.4) is 0 Å². The Kier molecular flexibility index (Phi) is 5.63. The number of benzene rings is 2. The maximum Gasteiger partial charge on any atom is 0.240 e. The van der Waals surface area contributed by atoms with Crippen LogP contribution < -0.4 is 9.44 Å². The minimum Gasteiger partial charge on any atom is -0.464 e. The monoisotopic (exact) mass is 422 g/mol. The average molecular weight is 422 g/mol. The normalized spacial score (nSPS) is 12.0. The van der Waals surface area contributed by atoms with Gasteiger partial charge in [-0.1, -0.05) is 24.3 Å². The third-order valence-electron chi connectivity index (χ3n) is 3.78. The highest BCUT2D eigenvalue weighted by Gasteiger charge is 2.20. The molecular formula is C18H15FN2O5S2. The van der Waals surface area contributed by atoms with Crippen LogP contribution in [0, 0.1) is 5.82 Å². The minimum absolute atomic E-state index is 0.275. The molecule has 0 fully saturated rings. The highest BCUT2D eigenvalue weighted by Crippen LogP contribution is 2.26. The standard InChI is InChI=1S/C18H15FN2O5S2/c19-15-7-8-16(18(12-15)28(20,24)25)21(27(22)23)10-9-13-3-5-14(6-4-13)17-2-1-11-26-17/h1-12,27H,(H2,20,24,25). The number of halogens is 1. The van der Waals surface area contributed by atoms with Crippen molar-refractivity contribution in [1.29, 1.82) is 0 Å². The summed E-state index contributed by atoms with van der Waals surface area (Å²) in [4.78, 5) is -0.635. The van der Waals surface area contributed by atoms with Crippen molar-refractivity contribution < 1.29 is 25.6 Å². The maximum absolute atomic E-state index is 13.4. The first kappa shape index (κ1) is 19.8. The molecule has 0 radical (unpaired) electrons. The molecule has 146 valence electrons. The minimum atomic E-state index is -4.34. The van der Waals surface area contributed by atoms with Crippen LogP contribution in [0.5, 0.6) is 0 Å². The molecule has 0 aliphatic rings. The van der Waals surface area contributed by atoms with E-state index in [0.717, 1.165) is 23.9 Å². The second kappa shape index (κ2) is 7.97. The van der Waals surface area contributed by atoms with Gasteiger partial charge in [-0.25, -0.2) is 30.7 Å². The van der Waals surface area contributed by atoms with E-state index < -0.39 is 31.6 Å². The fourth-order valence-corrected chi connectivity index (χ4v) is 3.81.